The second-order valence-corrected chi connectivity index (χ2v) is 4.11. The number of methoxy groups -OCH3 is 1. The quantitative estimate of drug-likeness (QED) is 0.334. The summed E-state index contributed by atoms with van der Waals surface area (Å²) in [6.45, 7) is 3.78. The zero-order valence-electron chi connectivity index (χ0n) is 12.5. The summed E-state index contributed by atoms with van der Waals surface area (Å²) in [4.78, 5) is 23.5. The van der Waals surface area contributed by atoms with Gasteiger partial charge in [0, 0.05) is 0 Å². The molecule has 0 spiro atoms. The van der Waals surface area contributed by atoms with Crippen molar-refractivity contribution in [3.63, 3.8) is 0 Å². The summed E-state index contributed by atoms with van der Waals surface area (Å²) in [6.07, 6.45) is 1.95. The summed E-state index contributed by atoms with van der Waals surface area (Å²) >= 11 is 0. The molecule has 0 N–H and O–H groups in total. The number of carbonyl (C=O) groups excluding carboxylic acids is 2. The lowest BCUT2D eigenvalue weighted by Gasteiger charge is -2.07. The molecular weight excluding hydrogens is 272 g/mol. The first-order valence-corrected chi connectivity index (χ1v) is 6.79. The highest BCUT2D eigenvalue weighted by Gasteiger charge is 2.20. The number of esters is 2. The molecule has 0 unspecified atom stereocenters. The lowest BCUT2D eigenvalue weighted by atomic mass is 10.1. The Hall–Kier alpha value is -2.30. The van der Waals surface area contributed by atoms with Crippen LogP contribution in [0.5, 0.6) is 5.75 Å². The molecule has 5 heteroatoms. The van der Waals surface area contributed by atoms with Crippen LogP contribution in [0.2, 0.25) is 0 Å². The van der Waals surface area contributed by atoms with E-state index in [1.807, 2.05) is 24.3 Å². The molecule has 5 nitrogen and oxygen atoms in total. The first-order valence-electron chi connectivity index (χ1n) is 6.79. The Morgan fingerprint density at radius 2 is 1.52 bits per heavy atom. The lowest BCUT2D eigenvalue weighted by molar-refractivity contribution is -0.146. The third-order valence-corrected chi connectivity index (χ3v) is 2.69. The summed E-state index contributed by atoms with van der Waals surface area (Å²) in [6, 6.07) is 7.36. The Kier molecular flexibility index (Phi) is 7.01. The molecule has 1 aromatic rings. The molecule has 114 valence electrons. The van der Waals surface area contributed by atoms with Crippen LogP contribution in [0.1, 0.15) is 19.4 Å². The Labute approximate surface area is 124 Å². The van der Waals surface area contributed by atoms with Gasteiger partial charge in [-0.25, -0.2) is 9.59 Å². The van der Waals surface area contributed by atoms with Gasteiger partial charge in [0.2, 0.25) is 0 Å². The van der Waals surface area contributed by atoms with Gasteiger partial charge in [-0.1, -0.05) is 18.2 Å². The predicted octanol–water partition coefficient (Wildman–Crippen LogP) is 2.29. The predicted molar refractivity (Wildman–Crippen MR) is 78.0 cm³/mol. The second-order valence-electron chi connectivity index (χ2n) is 4.11. The van der Waals surface area contributed by atoms with Crippen LogP contribution in [0.15, 0.2) is 35.9 Å². The van der Waals surface area contributed by atoms with Crippen molar-refractivity contribution < 1.29 is 23.8 Å². The maximum Gasteiger partial charge on any atom is 0.345 e. The number of hydrogen-bond acceptors (Lipinski definition) is 5. The molecule has 0 aromatic heterocycles. The Balaban J connectivity index is 2.85. The van der Waals surface area contributed by atoms with Crippen molar-refractivity contribution in [3.05, 3.63) is 41.5 Å². The number of hydrogen-bond donors (Lipinski definition) is 0. The minimum absolute atomic E-state index is 0.0745. The number of benzene rings is 1. The van der Waals surface area contributed by atoms with Gasteiger partial charge in [0.25, 0.3) is 0 Å². The highest BCUT2D eigenvalue weighted by atomic mass is 16.6. The zero-order valence-corrected chi connectivity index (χ0v) is 12.5. The summed E-state index contributed by atoms with van der Waals surface area (Å²) in [7, 11) is 1.59. The van der Waals surface area contributed by atoms with Crippen molar-refractivity contribution in [2.24, 2.45) is 0 Å². The Bertz CT molecular complexity index is 482. The van der Waals surface area contributed by atoms with E-state index in [0.29, 0.717) is 6.42 Å². The molecule has 21 heavy (non-hydrogen) atoms. The fraction of sp³-hybridized carbons (Fsp3) is 0.375. The van der Waals surface area contributed by atoms with Crippen molar-refractivity contribution in [2.45, 2.75) is 20.3 Å². The van der Waals surface area contributed by atoms with Gasteiger partial charge in [-0.2, -0.15) is 0 Å². The van der Waals surface area contributed by atoms with Gasteiger partial charge in [-0.15, -0.1) is 0 Å². The maximum absolute atomic E-state index is 11.8. The second kappa shape index (κ2) is 8.79. The van der Waals surface area contributed by atoms with Gasteiger partial charge >= 0.3 is 11.9 Å². The topological polar surface area (TPSA) is 61.8 Å². The van der Waals surface area contributed by atoms with E-state index in [1.54, 1.807) is 21.0 Å². The van der Waals surface area contributed by atoms with Crippen LogP contribution in [-0.4, -0.2) is 32.3 Å². The molecule has 0 saturated heterocycles. The number of allylic oxidation sites excluding steroid dienone is 1. The molecule has 1 aromatic carbocycles. The van der Waals surface area contributed by atoms with Crippen LogP contribution in [0.4, 0.5) is 0 Å². The fourth-order valence-corrected chi connectivity index (χ4v) is 1.65. The fourth-order valence-electron chi connectivity index (χ4n) is 1.65. The minimum atomic E-state index is -0.663. The van der Waals surface area contributed by atoms with Gasteiger partial charge < -0.3 is 14.2 Å². The average molecular weight is 292 g/mol. The van der Waals surface area contributed by atoms with Crippen molar-refractivity contribution in [3.8, 4) is 5.75 Å². The largest absolute Gasteiger partial charge is 0.497 e. The highest BCUT2D eigenvalue weighted by molar-refractivity contribution is 6.14. The van der Waals surface area contributed by atoms with E-state index < -0.39 is 11.9 Å². The van der Waals surface area contributed by atoms with Crippen LogP contribution in [-0.2, 0) is 25.5 Å². The third kappa shape index (κ3) is 5.30. The lowest BCUT2D eigenvalue weighted by Crippen LogP contribution is -2.18. The zero-order chi connectivity index (χ0) is 15.7. The molecular formula is C16H20O5. The summed E-state index contributed by atoms with van der Waals surface area (Å²) < 4.78 is 14.8. The van der Waals surface area contributed by atoms with Crippen molar-refractivity contribution in [2.75, 3.05) is 20.3 Å². The molecule has 0 aliphatic heterocycles. The smallest absolute Gasteiger partial charge is 0.345 e. The monoisotopic (exact) mass is 292 g/mol. The molecule has 1 rings (SSSR count). The normalized spacial score (nSPS) is 9.67. The van der Waals surface area contributed by atoms with Crippen molar-refractivity contribution in [1.29, 1.82) is 0 Å². The average Bonchev–Trinajstić information content (AvgIpc) is 2.48. The molecule has 0 fully saturated rings. The van der Waals surface area contributed by atoms with E-state index in [4.69, 9.17) is 14.2 Å². The minimum Gasteiger partial charge on any atom is -0.497 e. The van der Waals surface area contributed by atoms with Crippen LogP contribution in [0.3, 0.4) is 0 Å². The standard InChI is InChI=1S/C16H20O5/c1-4-20-15(17)14(16(18)21-5-2)11-8-12-6-9-13(19-3)10-7-12/h6-7,9-11H,4-5,8H2,1-3H3. The molecule has 0 heterocycles. The van der Waals surface area contributed by atoms with Crippen molar-refractivity contribution >= 4 is 11.9 Å². The van der Waals surface area contributed by atoms with E-state index in [-0.39, 0.29) is 18.8 Å². The first-order chi connectivity index (χ1) is 10.1. The summed E-state index contributed by atoms with van der Waals surface area (Å²) in [5.74, 6) is -0.576. The van der Waals surface area contributed by atoms with Crippen LogP contribution in [0, 0.1) is 0 Å². The summed E-state index contributed by atoms with van der Waals surface area (Å²) in [5, 5.41) is 0. The third-order valence-electron chi connectivity index (χ3n) is 2.69. The van der Waals surface area contributed by atoms with E-state index in [9.17, 15) is 9.59 Å². The van der Waals surface area contributed by atoms with E-state index >= 15 is 0 Å². The van der Waals surface area contributed by atoms with E-state index in [2.05, 4.69) is 0 Å². The molecule has 0 bridgehead atoms. The maximum atomic E-state index is 11.8. The number of ether oxygens (including phenoxy) is 3. The molecule has 0 radical (unpaired) electrons. The van der Waals surface area contributed by atoms with Gasteiger partial charge in [-0.3, -0.25) is 0 Å². The van der Waals surface area contributed by atoms with E-state index in [1.165, 1.54) is 6.08 Å². The van der Waals surface area contributed by atoms with E-state index in [0.717, 1.165) is 11.3 Å². The highest BCUT2D eigenvalue weighted by Crippen LogP contribution is 2.13. The van der Waals surface area contributed by atoms with Gasteiger partial charge in [0.1, 0.15) is 11.3 Å². The van der Waals surface area contributed by atoms with Crippen molar-refractivity contribution in [1.82, 2.24) is 0 Å². The van der Waals surface area contributed by atoms with Gasteiger partial charge in [-0.05, 0) is 38.0 Å². The molecule has 0 aliphatic rings. The van der Waals surface area contributed by atoms with Gasteiger partial charge in [0.15, 0.2) is 0 Å². The number of carbonyl (C=O) groups is 2. The number of rotatable bonds is 7. The first kappa shape index (κ1) is 16.8. The molecule has 0 atom stereocenters. The SMILES string of the molecule is CCOC(=O)C(=CCc1ccc(OC)cc1)C(=O)OCC. The van der Waals surface area contributed by atoms with Crippen LogP contribution in [0.25, 0.3) is 0 Å². The molecule has 0 saturated carbocycles. The van der Waals surface area contributed by atoms with Crippen LogP contribution < -0.4 is 4.74 Å². The molecule has 0 aliphatic carbocycles. The Morgan fingerprint density at radius 1 is 1.00 bits per heavy atom. The molecule has 0 amide bonds. The summed E-state index contributed by atoms with van der Waals surface area (Å²) in [5.41, 5.74) is 0.872. The van der Waals surface area contributed by atoms with Gasteiger partial charge in [0.05, 0.1) is 20.3 Å². The Morgan fingerprint density at radius 3 is 1.95 bits per heavy atom. The van der Waals surface area contributed by atoms with Crippen LogP contribution >= 0.6 is 0 Å².